The number of nitrogens with zero attached hydrogens (tertiary/aromatic N) is 2. The lowest BCUT2D eigenvalue weighted by Crippen LogP contribution is -2.61. The summed E-state index contributed by atoms with van der Waals surface area (Å²) in [5.74, 6) is -3.08. The second-order valence-corrected chi connectivity index (χ2v) is 10.2. The highest BCUT2D eigenvalue weighted by molar-refractivity contribution is 7.89. The zero-order valence-electron chi connectivity index (χ0n) is 15.4. The number of sulfonamides is 1. The minimum absolute atomic E-state index is 0.117. The van der Waals surface area contributed by atoms with E-state index < -0.39 is 44.8 Å². The average Bonchev–Trinajstić information content (AvgIpc) is 2.85. The molecule has 1 aliphatic heterocycles. The van der Waals surface area contributed by atoms with Crippen LogP contribution in [-0.2, 0) is 20.3 Å². The molecule has 1 saturated heterocycles. The summed E-state index contributed by atoms with van der Waals surface area (Å²) in [6.07, 6.45) is -1.02. The van der Waals surface area contributed by atoms with E-state index in [1.807, 2.05) is 0 Å². The van der Waals surface area contributed by atoms with Crippen molar-refractivity contribution in [3.8, 4) is 0 Å². The van der Waals surface area contributed by atoms with Gasteiger partial charge in [0.05, 0.1) is 16.2 Å². The third kappa shape index (κ3) is 4.56. The fraction of sp³-hybridized carbons (Fsp3) is 0.533. The number of carbonyl (C=O) groups is 2. The summed E-state index contributed by atoms with van der Waals surface area (Å²) < 4.78 is 45.2. The van der Waals surface area contributed by atoms with Crippen LogP contribution in [0.3, 0.4) is 0 Å². The van der Waals surface area contributed by atoms with Crippen LogP contribution in [-0.4, -0.2) is 54.3 Å². The lowest BCUT2D eigenvalue weighted by Gasteiger charge is -2.39. The molecule has 1 fully saturated rings. The molecule has 0 spiro atoms. The second-order valence-electron chi connectivity index (χ2n) is 7.19. The Morgan fingerprint density at radius 2 is 2.04 bits per heavy atom. The number of ether oxygens (including phenoxy) is 1. The summed E-state index contributed by atoms with van der Waals surface area (Å²) >= 11 is 0.615. The molecule has 2 N–H and O–H groups in total. The normalized spacial score (nSPS) is 23.8. The van der Waals surface area contributed by atoms with Gasteiger partial charge < -0.3 is 15.2 Å². The molecule has 1 atom stereocenters. The van der Waals surface area contributed by atoms with E-state index in [-0.39, 0.29) is 15.7 Å². The monoisotopic (exact) mass is 421 g/mol. The number of hydrogen-bond acceptors (Lipinski definition) is 6. The summed E-state index contributed by atoms with van der Waals surface area (Å²) in [6.45, 7) is 6.26. The fourth-order valence-corrected chi connectivity index (χ4v) is 4.95. The topological polar surface area (TPSA) is 125 Å². The molecule has 1 aliphatic rings. The molecule has 1 aromatic heterocycles. The Bertz CT molecular complexity index is 918. The number of aromatic carboxylic acids is 1. The lowest BCUT2D eigenvalue weighted by atomic mass is 10.0. The highest BCUT2D eigenvalue weighted by atomic mass is 32.2. The van der Waals surface area contributed by atoms with Crippen molar-refractivity contribution in [2.24, 2.45) is 4.99 Å². The van der Waals surface area contributed by atoms with E-state index in [1.54, 1.807) is 20.8 Å². The van der Waals surface area contributed by atoms with Crippen LogP contribution in [0.5, 0.6) is 0 Å². The van der Waals surface area contributed by atoms with E-state index in [4.69, 9.17) is 9.84 Å². The number of amides is 1. The van der Waals surface area contributed by atoms with Crippen LogP contribution in [0.15, 0.2) is 11.1 Å². The summed E-state index contributed by atoms with van der Waals surface area (Å²) in [5, 5.41) is 11.8. The molecule has 0 aliphatic carbocycles. The maximum atomic E-state index is 14.3. The maximum Gasteiger partial charge on any atom is 0.437 e. The minimum atomic E-state index is -3.96. The molecule has 0 bridgehead atoms. The summed E-state index contributed by atoms with van der Waals surface area (Å²) in [5.41, 5.74) is -2.36. The van der Waals surface area contributed by atoms with E-state index in [0.717, 1.165) is 10.4 Å². The second kappa shape index (κ2) is 6.75. The van der Waals surface area contributed by atoms with Crippen LogP contribution in [0.4, 0.5) is 9.18 Å². The van der Waals surface area contributed by atoms with Crippen molar-refractivity contribution < 1.29 is 32.2 Å². The number of thiophene rings is 1. The van der Waals surface area contributed by atoms with Gasteiger partial charge in [-0.15, -0.1) is 16.3 Å². The van der Waals surface area contributed by atoms with E-state index in [9.17, 15) is 22.4 Å². The fourth-order valence-electron chi connectivity index (χ4n) is 2.40. The Morgan fingerprint density at radius 1 is 1.44 bits per heavy atom. The van der Waals surface area contributed by atoms with Crippen LogP contribution < -0.4 is 5.32 Å². The largest absolute Gasteiger partial charge is 0.477 e. The zero-order chi connectivity index (χ0) is 20.8. The molecule has 0 radical (unpaired) electrons. The van der Waals surface area contributed by atoms with Crippen molar-refractivity contribution in [1.29, 1.82) is 0 Å². The molecule has 0 unspecified atom stereocenters. The highest BCUT2D eigenvalue weighted by Gasteiger charge is 2.45. The van der Waals surface area contributed by atoms with Crippen molar-refractivity contribution in [2.45, 2.75) is 38.8 Å². The molecule has 0 saturated carbocycles. The molecular weight excluding hydrogens is 401 g/mol. The third-order valence-corrected chi connectivity index (χ3v) is 6.88. The summed E-state index contributed by atoms with van der Waals surface area (Å²) in [4.78, 5) is 26.3. The number of rotatable bonds is 2. The maximum absolute atomic E-state index is 14.3. The number of guanidine groups is 1. The predicted octanol–water partition coefficient (Wildman–Crippen LogP) is 1.96. The van der Waals surface area contributed by atoms with Crippen LogP contribution in [0.25, 0.3) is 0 Å². The molecule has 2 heterocycles. The molecule has 150 valence electrons. The van der Waals surface area contributed by atoms with Gasteiger partial charge in [-0.3, -0.25) is 0 Å². The Morgan fingerprint density at radius 3 is 2.52 bits per heavy atom. The molecule has 12 heteroatoms. The number of carboxylic acids is 1. The van der Waals surface area contributed by atoms with Crippen LogP contribution in [0.1, 0.15) is 42.2 Å². The van der Waals surface area contributed by atoms with Crippen LogP contribution in [0.2, 0.25) is 0 Å². The third-order valence-electron chi connectivity index (χ3n) is 3.56. The highest BCUT2D eigenvalue weighted by Crippen LogP contribution is 2.35. The predicted molar refractivity (Wildman–Crippen MR) is 96.9 cm³/mol. The van der Waals surface area contributed by atoms with E-state index in [2.05, 4.69) is 10.3 Å². The van der Waals surface area contributed by atoms with E-state index >= 15 is 0 Å². The van der Waals surface area contributed by atoms with Crippen LogP contribution >= 0.6 is 11.3 Å². The van der Waals surface area contributed by atoms with Gasteiger partial charge in [-0.2, -0.15) is 0 Å². The lowest BCUT2D eigenvalue weighted by molar-refractivity contribution is 0.0600. The van der Waals surface area contributed by atoms with Crippen LogP contribution in [0, 0.1) is 5.82 Å². The first-order valence-corrected chi connectivity index (χ1v) is 10.2. The standard InChI is InChI=1S/C15H20FN3O6S2/c1-14(2,3)25-13(22)17-12-18-15(4,7-27(23,24)19(12)5)10-8(16)6-9(26-10)11(20)21/h6H,7H2,1-5H3,(H,20,21)(H,17,18,22)/t15-/m0/s1. The minimum Gasteiger partial charge on any atom is -0.477 e. The van der Waals surface area contributed by atoms with Crippen molar-refractivity contribution in [1.82, 2.24) is 9.62 Å². The zero-order valence-corrected chi connectivity index (χ0v) is 17.0. The average molecular weight is 421 g/mol. The molecule has 0 aromatic carbocycles. The van der Waals surface area contributed by atoms with E-state index in [1.165, 1.54) is 14.0 Å². The smallest absolute Gasteiger partial charge is 0.437 e. The first-order chi connectivity index (χ1) is 12.1. The van der Waals surface area contributed by atoms with Gasteiger partial charge in [0, 0.05) is 7.05 Å². The first kappa shape index (κ1) is 21.1. The number of hydrogen-bond donors (Lipinski definition) is 2. The van der Waals surface area contributed by atoms with Gasteiger partial charge in [-0.1, -0.05) is 0 Å². The number of carboxylic acid groups (broad SMARTS) is 1. The van der Waals surface area contributed by atoms with Gasteiger partial charge in [0.2, 0.25) is 16.0 Å². The number of carbonyl (C=O) groups excluding carboxylic acids is 1. The van der Waals surface area contributed by atoms with Gasteiger partial charge in [-0.25, -0.2) is 26.7 Å². The van der Waals surface area contributed by atoms with Gasteiger partial charge in [0.1, 0.15) is 16.3 Å². The van der Waals surface area contributed by atoms with Gasteiger partial charge >= 0.3 is 12.1 Å². The Kier molecular flexibility index (Phi) is 5.27. The molecule has 9 nitrogen and oxygen atoms in total. The number of nitrogens with one attached hydrogen (secondary N) is 1. The SMILES string of the molecule is CN1/C(=N/C(=O)OC(C)(C)C)N[C@](C)(c2sc(C(=O)O)cc2F)CS1(=O)=O. The van der Waals surface area contributed by atoms with Crippen molar-refractivity contribution in [3.05, 3.63) is 21.6 Å². The van der Waals surface area contributed by atoms with Crippen molar-refractivity contribution in [2.75, 3.05) is 12.8 Å². The first-order valence-electron chi connectivity index (χ1n) is 7.74. The van der Waals surface area contributed by atoms with Gasteiger partial charge in [0.15, 0.2) is 0 Å². The summed E-state index contributed by atoms with van der Waals surface area (Å²) in [6, 6.07) is 0.824. The van der Waals surface area contributed by atoms with Crippen molar-refractivity contribution in [3.63, 3.8) is 0 Å². The summed E-state index contributed by atoms with van der Waals surface area (Å²) in [7, 11) is -2.77. The Balaban J connectivity index is 2.48. The van der Waals surface area contributed by atoms with Crippen molar-refractivity contribution >= 4 is 39.4 Å². The Labute approximate surface area is 159 Å². The number of aliphatic imine (C=N–C) groups is 1. The molecule has 2 rings (SSSR count). The molecule has 27 heavy (non-hydrogen) atoms. The number of halogens is 1. The van der Waals surface area contributed by atoms with E-state index in [0.29, 0.717) is 11.3 Å². The molecule has 1 aromatic rings. The molecule has 1 amide bonds. The Hall–Kier alpha value is -2.21. The van der Waals surface area contributed by atoms with Gasteiger partial charge in [-0.05, 0) is 33.8 Å². The quantitative estimate of drug-likeness (QED) is 0.748. The van der Waals surface area contributed by atoms with Gasteiger partial charge in [0.25, 0.3) is 0 Å². The molecular formula is C15H20FN3O6S2.